The Labute approximate surface area is 397 Å². The van der Waals surface area contributed by atoms with Crippen LogP contribution in [0.2, 0.25) is 0 Å². The van der Waals surface area contributed by atoms with E-state index in [1.807, 2.05) is 96.7 Å². The Morgan fingerprint density at radius 1 is 0.716 bits per heavy atom. The number of piperazine rings is 2. The van der Waals surface area contributed by atoms with Crippen LogP contribution in [0.15, 0.2) is 102 Å². The maximum Gasteiger partial charge on any atom is 0.312 e. The highest BCUT2D eigenvalue weighted by Crippen LogP contribution is 2.37. The lowest BCUT2D eigenvalue weighted by Crippen LogP contribution is -2.66. The summed E-state index contributed by atoms with van der Waals surface area (Å²) in [6.07, 6.45) is 10.4. The van der Waals surface area contributed by atoms with Crippen molar-refractivity contribution in [1.82, 2.24) is 29.6 Å². The van der Waals surface area contributed by atoms with Crippen molar-refractivity contribution in [2.75, 3.05) is 58.3 Å². The van der Waals surface area contributed by atoms with E-state index in [1.165, 1.54) is 6.42 Å². The molecule has 1 unspecified atom stereocenters. The van der Waals surface area contributed by atoms with Crippen molar-refractivity contribution < 1.29 is 27.6 Å². The number of unbranched alkanes of at least 4 members (excludes halogenated alkanes) is 1. The fourth-order valence-electron chi connectivity index (χ4n) is 11.5. The van der Waals surface area contributed by atoms with Gasteiger partial charge in [-0.25, -0.2) is 13.1 Å². The zero-order chi connectivity index (χ0) is 47.1. The summed E-state index contributed by atoms with van der Waals surface area (Å²) < 4.78 is 30.4. The molecule has 2 N–H and O–H groups in total. The number of sulfonamides is 1. The van der Waals surface area contributed by atoms with E-state index in [0.717, 1.165) is 67.3 Å². The fraction of sp³-hybridized carbons (Fsp3) is 0.509. The second-order valence-electron chi connectivity index (χ2n) is 19.4. The second kappa shape index (κ2) is 21.8. The molecule has 3 aliphatic heterocycles. The predicted molar refractivity (Wildman–Crippen MR) is 263 cm³/mol. The highest BCUT2D eigenvalue weighted by Gasteiger charge is 2.47. The van der Waals surface area contributed by atoms with E-state index in [-0.39, 0.29) is 41.6 Å². The van der Waals surface area contributed by atoms with Crippen LogP contribution < -0.4 is 14.9 Å². The van der Waals surface area contributed by atoms with E-state index in [4.69, 9.17) is 0 Å². The first-order chi connectivity index (χ1) is 32.4. The lowest BCUT2D eigenvalue weighted by atomic mass is 9.79. The third kappa shape index (κ3) is 11.0. The third-order valence-corrected chi connectivity index (χ3v) is 16.5. The Hall–Kier alpha value is -5.31. The molecule has 4 fully saturated rings. The molecule has 1 saturated carbocycles. The van der Waals surface area contributed by atoms with E-state index < -0.39 is 33.7 Å². The van der Waals surface area contributed by atoms with Crippen molar-refractivity contribution in [2.24, 2.45) is 5.92 Å². The van der Waals surface area contributed by atoms with E-state index in [1.54, 1.807) is 21.9 Å². The number of amides is 4. The normalized spacial score (nSPS) is 22.1. The van der Waals surface area contributed by atoms with Crippen LogP contribution in [0.5, 0.6) is 0 Å². The van der Waals surface area contributed by atoms with Crippen molar-refractivity contribution in [2.45, 2.75) is 119 Å². The van der Waals surface area contributed by atoms with Gasteiger partial charge in [-0.05, 0) is 94.0 Å². The Balaban J connectivity index is 0.995. The van der Waals surface area contributed by atoms with Crippen LogP contribution in [0.4, 0.5) is 5.69 Å². The van der Waals surface area contributed by atoms with Gasteiger partial charge in [-0.2, -0.15) is 0 Å². The molecule has 14 heteroatoms. The van der Waals surface area contributed by atoms with Gasteiger partial charge in [-0.15, -0.1) is 0 Å². The number of fused-ring (bicyclic) bond motifs is 1. The number of hydrogen-bond donors (Lipinski definition) is 2. The van der Waals surface area contributed by atoms with Gasteiger partial charge in [-0.1, -0.05) is 111 Å². The van der Waals surface area contributed by atoms with Gasteiger partial charge in [0.1, 0.15) is 0 Å². The molecule has 358 valence electrons. The molecule has 0 bridgehead atoms. The molecule has 4 aliphatic rings. The van der Waals surface area contributed by atoms with Crippen molar-refractivity contribution in [3.8, 4) is 0 Å². The smallest absolute Gasteiger partial charge is 0.312 e. The number of nitrogens with one attached hydrogen (secondary N) is 2. The highest BCUT2D eigenvalue weighted by atomic mass is 32.2. The van der Waals surface area contributed by atoms with Crippen LogP contribution in [0.25, 0.3) is 10.8 Å². The van der Waals surface area contributed by atoms with Crippen molar-refractivity contribution in [1.29, 1.82) is 0 Å². The van der Waals surface area contributed by atoms with Crippen LogP contribution >= 0.6 is 0 Å². The van der Waals surface area contributed by atoms with Gasteiger partial charge in [0.2, 0.25) is 10.0 Å². The van der Waals surface area contributed by atoms with E-state index in [0.29, 0.717) is 69.6 Å². The third-order valence-electron chi connectivity index (χ3n) is 15.0. The van der Waals surface area contributed by atoms with Gasteiger partial charge in [0.15, 0.2) is 0 Å². The summed E-state index contributed by atoms with van der Waals surface area (Å²) >= 11 is 0. The number of likely N-dealkylation sites (tertiary alicyclic amines) is 1. The summed E-state index contributed by atoms with van der Waals surface area (Å²) in [7, 11) is 0.0644. The summed E-state index contributed by atoms with van der Waals surface area (Å²) in [4.78, 5) is 65.7. The Bertz CT molecular complexity index is 2470. The monoisotopic (exact) mass is 932 g/mol. The first-order valence-electron chi connectivity index (χ1n) is 24.6. The molecule has 5 atom stereocenters. The minimum absolute atomic E-state index is 0.00366. The largest absolute Gasteiger partial charge is 0.377 e. The van der Waals surface area contributed by atoms with Gasteiger partial charge in [0.25, 0.3) is 0 Å². The van der Waals surface area contributed by atoms with Crippen LogP contribution in [0.3, 0.4) is 0 Å². The molecule has 67 heavy (non-hydrogen) atoms. The van der Waals surface area contributed by atoms with E-state index in [9.17, 15) is 27.6 Å². The molecular weight excluding hydrogens is 863 g/mol. The second-order valence-corrected chi connectivity index (χ2v) is 21.2. The Kier molecular flexibility index (Phi) is 15.6. The number of nitrogens with zero attached hydrogens (tertiary/aromatic N) is 5. The van der Waals surface area contributed by atoms with Gasteiger partial charge in [0.05, 0.1) is 10.9 Å². The predicted octanol–water partition coefficient (Wildman–Crippen LogP) is 6.01. The number of anilines is 1. The average Bonchev–Trinajstić information content (AvgIpc) is 3.79. The lowest BCUT2D eigenvalue weighted by Gasteiger charge is -2.50. The number of rotatable bonds is 19. The molecule has 0 radical (unpaired) electrons. The van der Waals surface area contributed by atoms with Crippen molar-refractivity contribution in [3.05, 3.63) is 108 Å². The van der Waals surface area contributed by atoms with Crippen LogP contribution in [-0.2, 0) is 42.0 Å². The minimum Gasteiger partial charge on any atom is -0.377 e. The summed E-state index contributed by atoms with van der Waals surface area (Å²) in [6, 6.07) is 30.4. The maximum absolute atomic E-state index is 14.5. The topological polar surface area (TPSA) is 143 Å². The number of benzene rings is 4. The molecule has 0 aromatic heterocycles. The van der Waals surface area contributed by atoms with Gasteiger partial charge < -0.3 is 24.9 Å². The fourth-order valence-corrected chi connectivity index (χ4v) is 12.8. The Morgan fingerprint density at radius 2 is 1.42 bits per heavy atom. The van der Waals surface area contributed by atoms with Crippen molar-refractivity contribution >= 4 is 50.1 Å². The van der Waals surface area contributed by atoms with Crippen molar-refractivity contribution in [3.63, 3.8) is 0 Å². The molecule has 4 aromatic rings. The van der Waals surface area contributed by atoms with Gasteiger partial charge in [0, 0.05) is 87.4 Å². The summed E-state index contributed by atoms with van der Waals surface area (Å²) in [5.41, 5.74) is 3.14. The molecule has 3 saturated heterocycles. The highest BCUT2D eigenvalue weighted by molar-refractivity contribution is 7.89. The molecule has 4 amide bonds. The maximum atomic E-state index is 14.5. The molecule has 3 heterocycles. The zero-order valence-electron chi connectivity index (χ0n) is 39.5. The Morgan fingerprint density at radius 3 is 2.15 bits per heavy atom. The number of carbonyl (C=O) groups excluding carboxylic acids is 4. The van der Waals surface area contributed by atoms with E-state index in [2.05, 4.69) is 34.0 Å². The quantitative estimate of drug-likeness (QED) is 0.0861. The van der Waals surface area contributed by atoms with Crippen LogP contribution in [0, 0.1) is 5.92 Å². The molecule has 4 aromatic carbocycles. The average molecular weight is 932 g/mol. The SMILES string of the molecule is CC([C@@H](C1CCCCC1)N1CCC[C@H]1CN1C(=O)C(=O)NC[C@@H]1Cc1ccccc1)N1C[C@H](CCCCNS(=O)(=O)c2cccc3c(N(C)C)cccc23)N(CCc2ccccc2)C(=O)C1=O. The first-order valence-corrected chi connectivity index (χ1v) is 26.1. The van der Waals surface area contributed by atoms with Crippen LogP contribution in [0.1, 0.15) is 82.3 Å². The summed E-state index contributed by atoms with van der Waals surface area (Å²) in [6.45, 7) is 4.82. The molecular formula is C53H69N7O6S. The van der Waals surface area contributed by atoms with Gasteiger partial charge in [-0.3, -0.25) is 24.1 Å². The first kappa shape index (κ1) is 48.2. The lowest BCUT2D eigenvalue weighted by molar-refractivity contribution is -0.162. The zero-order valence-corrected chi connectivity index (χ0v) is 40.3. The number of hydrogen-bond acceptors (Lipinski definition) is 8. The minimum atomic E-state index is -3.82. The molecule has 13 nitrogen and oxygen atoms in total. The van der Waals surface area contributed by atoms with Gasteiger partial charge >= 0.3 is 23.6 Å². The van der Waals surface area contributed by atoms with E-state index >= 15 is 0 Å². The standard InChI is InChI=1S/C53H69N7O6S/c1-38(49(41-22-11-6-12-23-41)57-32-17-25-42(57)37-60-44(35-54-50(61)51(60)62)34-40-20-9-5-10-21-40)59-36-43(58(52(63)53(59)64)33-30-39-18-7-4-8-19-39)24-13-14-31-55-67(65,66)48-29-16-26-45-46(48)27-15-28-47(45)56(2)3/h4-5,7-10,15-16,18-21,26-29,38,41-44,49,55H,6,11-14,17,22-25,30-37H2,1-3H3,(H,54,61)/t38?,42-,43-,44-,49-/m0/s1. The number of carbonyl (C=O) groups is 4. The molecule has 1 aliphatic carbocycles. The summed E-state index contributed by atoms with van der Waals surface area (Å²) in [5, 5.41) is 4.36. The summed E-state index contributed by atoms with van der Waals surface area (Å²) in [5.74, 6) is -1.70. The molecule has 8 rings (SSSR count). The van der Waals surface area contributed by atoms with Crippen LogP contribution in [-0.4, -0.2) is 135 Å². The molecule has 0 spiro atoms.